The van der Waals surface area contributed by atoms with E-state index in [0.717, 1.165) is 25.7 Å². The number of amides is 1. The van der Waals surface area contributed by atoms with Crippen molar-refractivity contribution in [2.75, 3.05) is 6.54 Å². The van der Waals surface area contributed by atoms with Crippen molar-refractivity contribution < 1.29 is 4.79 Å². The molecule has 0 atom stereocenters. The van der Waals surface area contributed by atoms with E-state index in [0.29, 0.717) is 17.5 Å². The third-order valence-corrected chi connectivity index (χ3v) is 5.02. The first kappa shape index (κ1) is 15.4. The molecule has 1 rings (SSSR count). The molecule has 1 amide bonds. The third-order valence-electron chi connectivity index (χ3n) is 4.63. The van der Waals surface area contributed by atoms with Crippen LogP contribution in [0.5, 0.6) is 0 Å². The molecule has 0 aromatic rings. The molecule has 0 aromatic heterocycles. The van der Waals surface area contributed by atoms with Crippen molar-refractivity contribution in [3.63, 3.8) is 0 Å². The van der Waals surface area contributed by atoms with Crippen molar-refractivity contribution in [3.05, 3.63) is 0 Å². The molecule has 0 unspecified atom stereocenters. The molecule has 0 heterocycles. The van der Waals surface area contributed by atoms with Crippen LogP contribution in [0, 0.1) is 16.7 Å². The van der Waals surface area contributed by atoms with Crippen molar-refractivity contribution in [3.8, 4) is 0 Å². The van der Waals surface area contributed by atoms with Crippen LogP contribution in [0.25, 0.3) is 0 Å². The van der Waals surface area contributed by atoms with Crippen LogP contribution in [0.1, 0.15) is 53.4 Å². The molecule has 0 aliphatic heterocycles. The molecule has 1 saturated carbocycles. The zero-order valence-corrected chi connectivity index (χ0v) is 12.8. The molecular formula is C14H26N2OS. The summed E-state index contributed by atoms with van der Waals surface area (Å²) in [7, 11) is 0. The second-order valence-electron chi connectivity index (χ2n) is 6.48. The lowest BCUT2D eigenvalue weighted by Crippen LogP contribution is -2.49. The van der Waals surface area contributed by atoms with Gasteiger partial charge in [0.2, 0.25) is 5.91 Å². The molecule has 0 spiro atoms. The molecule has 18 heavy (non-hydrogen) atoms. The minimum atomic E-state index is -0.581. The van der Waals surface area contributed by atoms with Gasteiger partial charge in [0.15, 0.2) is 0 Å². The van der Waals surface area contributed by atoms with E-state index in [2.05, 4.69) is 33.0 Å². The van der Waals surface area contributed by atoms with Gasteiger partial charge in [-0.3, -0.25) is 4.79 Å². The molecule has 0 aromatic carbocycles. The minimum absolute atomic E-state index is 0.0289. The Kier molecular flexibility index (Phi) is 4.76. The first-order chi connectivity index (χ1) is 8.22. The van der Waals surface area contributed by atoms with Crippen LogP contribution in [0.3, 0.4) is 0 Å². The van der Waals surface area contributed by atoms with Crippen LogP contribution in [0.15, 0.2) is 0 Å². The Labute approximate surface area is 116 Å². The summed E-state index contributed by atoms with van der Waals surface area (Å²) in [6.45, 7) is 9.35. The number of hydrogen-bond donors (Lipinski definition) is 2. The summed E-state index contributed by atoms with van der Waals surface area (Å²) in [4.78, 5) is 12.8. The summed E-state index contributed by atoms with van der Waals surface area (Å²) in [6, 6.07) is 0. The highest BCUT2D eigenvalue weighted by Crippen LogP contribution is 2.39. The Balaban J connectivity index is 2.67. The van der Waals surface area contributed by atoms with Gasteiger partial charge in [0.1, 0.15) is 0 Å². The van der Waals surface area contributed by atoms with E-state index in [1.807, 2.05) is 0 Å². The smallest absolute Gasteiger partial charge is 0.233 e. The molecule has 1 aliphatic rings. The molecule has 0 radical (unpaired) electrons. The Morgan fingerprint density at radius 2 is 1.89 bits per heavy atom. The average Bonchev–Trinajstić information content (AvgIpc) is 2.76. The SMILES string of the molecule is CC(C)C(C)(C)CNC(=O)C1(C(N)=S)CCCC1. The molecule has 3 N–H and O–H groups in total. The van der Waals surface area contributed by atoms with E-state index in [-0.39, 0.29) is 11.3 Å². The van der Waals surface area contributed by atoms with Gasteiger partial charge in [-0.2, -0.15) is 0 Å². The van der Waals surface area contributed by atoms with Gasteiger partial charge < -0.3 is 11.1 Å². The maximum absolute atomic E-state index is 12.4. The van der Waals surface area contributed by atoms with Gasteiger partial charge >= 0.3 is 0 Å². The van der Waals surface area contributed by atoms with E-state index in [9.17, 15) is 4.79 Å². The predicted octanol–water partition coefficient (Wildman–Crippen LogP) is 2.63. The van der Waals surface area contributed by atoms with Crippen molar-refractivity contribution >= 4 is 23.1 Å². The van der Waals surface area contributed by atoms with Crippen LogP contribution in [-0.2, 0) is 4.79 Å². The lowest BCUT2D eigenvalue weighted by molar-refractivity contribution is -0.127. The lowest BCUT2D eigenvalue weighted by atomic mass is 9.80. The van der Waals surface area contributed by atoms with E-state index in [4.69, 9.17) is 18.0 Å². The Morgan fingerprint density at radius 1 is 1.39 bits per heavy atom. The summed E-state index contributed by atoms with van der Waals surface area (Å²) in [5, 5.41) is 3.06. The summed E-state index contributed by atoms with van der Waals surface area (Å²) in [6.07, 6.45) is 3.68. The van der Waals surface area contributed by atoms with Crippen LogP contribution in [-0.4, -0.2) is 17.4 Å². The Hall–Kier alpha value is -0.640. The standard InChI is InChI=1S/C14H26N2OS/c1-10(2)13(3,4)9-16-12(17)14(11(15)18)7-5-6-8-14/h10H,5-9H2,1-4H3,(H2,15,18)(H,16,17). The van der Waals surface area contributed by atoms with E-state index < -0.39 is 5.41 Å². The number of hydrogen-bond acceptors (Lipinski definition) is 2. The van der Waals surface area contributed by atoms with Gasteiger partial charge in [-0.25, -0.2) is 0 Å². The van der Waals surface area contributed by atoms with E-state index in [1.54, 1.807) is 0 Å². The molecular weight excluding hydrogens is 244 g/mol. The van der Waals surface area contributed by atoms with Crippen molar-refractivity contribution in [2.45, 2.75) is 53.4 Å². The Morgan fingerprint density at radius 3 is 2.28 bits per heavy atom. The topological polar surface area (TPSA) is 55.1 Å². The minimum Gasteiger partial charge on any atom is -0.392 e. The number of nitrogens with two attached hydrogens (primary N) is 1. The van der Waals surface area contributed by atoms with E-state index in [1.165, 1.54) is 0 Å². The van der Waals surface area contributed by atoms with Gasteiger partial charge in [-0.05, 0) is 24.2 Å². The first-order valence-corrected chi connectivity index (χ1v) is 7.21. The molecule has 1 aliphatic carbocycles. The molecule has 0 saturated heterocycles. The second kappa shape index (κ2) is 5.55. The van der Waals surface area contributed by atoms with Gasteiger partial charge in [-0.1, -0.05) is 52.8 Å². The molecule has 1 fully saturated rings. The van der Waals surface area contributed by atoms with Crippen LogP contribution < -0.4 is 11.1 Å². The number of carbonyl (C=O) groups is 1. The summed E-state index contributed by atoms with van der Waals surface area (Å²) in [5.74, 6) is 0.545. The fourth-order valence-electron chi connectivity index (χ4n) is 2.25. The third kappa shape index (κ3) is 3.02. The van der Waals surface area contributed by atoms with Crippen LogP contribution in [0.4, 0.5) is 0 Å². The predicted molar refractivity (Wildman–Crippen MR) is 79.3 cm³/mol. The maximum Gasteiger partial charge on any atom is 0.233 e. The summed E-state index contributed by atoms with van der Waals surface area (Å²) < 4.78 is 0. The largest absolute Gasteiger partial charge is 0.392 e. The zero-order valence-electron chi connectivity index (χ0n) is 12.0. The average molecular weight is 270 g/mol. The van der Waals surface area contributed by atoms with Gasteiger partial charge in [-0.15, -0.1) is 0 Å². The van der Waals surface area contributed by atoms with Crippen LogP contribution in [0.2, 0.25) is 0 Å². The molecule has 3 nitrogen and oxygen atoms in total. The number of thiocarbonyl (C=S) groups is 1. The number of nitrogens with one attached hydrogen (secondary N) is 1. The van der Waals surface area contributed by atoms with Gasteiger partial charge in [0.05, 0.1) is 10.4 Å². The molecule has 4 heteroatoms. The van der Waals surface area contributed by atoms with Crippen molar-refractivity contribution in [1.29, 1.82) is 0 Å². The highest BCUT2D eigenvalue weighted by atomic mass is 32.1. The quantitative estimate of drug-likeness (QED) is 0.755. The number of carbonyl (C=O) groups excluding carboxylic acids is 1. The van der Waals surface area contributed by atoms with Crippen molar-refractivity contribution in [2.24, 2.45) is 22.5 Å². The summed E-state index contributed by atoms with van der Waals surface area (Å²) in [5.41, 5.74) is 5.31. The highest BCUT2D eigenvalue weighted by Gasteiger charge is 2.44. The van der Waals surface area contributed by atoms with Crippen LogP contribution >= 0.6 is 12.2 Å². The first-order valence-electron chi connectivity index (χ1n) is 6.80. The molecule has 104 valence electrons. The lowest BCUT2D eigenvalue weighted by Gasteiger charge is -2.32. The van der Waals surface area contributed by atoms with E-state index >= 15 is 0 Å². The van der Waals surface area contributed by atoms with Gasteiger partial charge in [0, 0.05) is 6.54 Å². The fourth-order valence-corrected chi connectivity index (χ4v) is 2.54. The van der Waals surface area contributed by atoms with Crippen molar-refractivity contribution in [1.82, 2.24) is 5.32 Å². The monoisotopic (exact) mass is 270 g/mol. The van der Waals surface area contributed by atoms with Gasteiger partial charge in [0.25, 0.3) is 0 Å². The molecule has 0 bridgehead atoms. The summed E-state index contributed by atoms with van der Waals surface area (Å²) >= 11 is 5.12. The normalized spacial score (nSPS) is 18.9. The Bertz CT molecular complexity index is 331. The fraction of sp³-hybridized carbons (Fsp3) is 0.857. The number of rotatable bonds is 5. The zero-order chi connectivity index (χ0) is 14.0. The second-order valence-corrected chi connectivity index (χ2v) is 6.92. The highest BCUT2D eigenvalue weighted by molar-refractivity contribution is 7.80. The maximum atomic E-state index is 12.4.